The molecule has 1 aliphatic heterocycles. The van der Waals surface area contributed by atoms with Gasteiger partial charge in [0, 0.05) is 25.3 Å². The maximum atomic E-state index is 11.1. The van der Waals surface area contributed by atoms with Crippen LogP contribution in [0.5, 0.6) is 0 Å². The fourth-order valence-electron chi connectivity index (χ4n) is 2.44. The fourth-order valence-corrected chi connectivity index (χ4v) is 2.44. The van der Waals surface area contributed by atoms with Gasteiger partial charge < -0.3 is 14.2 Å². The van der Waals surface area contributed by atoms with Crippen molar-refractivity contribution in [2.24, 2.45) is 0 Å². The number of nitrogens with zero attached hydrogens (tertiary/aromatic N) is 2. The van der Waals surface area contributed by atoms with Gasteiger partial charge in [0.15, 0.2) is 0 Å². The van der Waals surface area contributed by atoms with Crippen molar-refractivity contribution in [1.29, 1.82) is 0 Å². The number of hydrogen-bond acceptors (Lipinski definition) is 7. The van der Waals surface area contributed by atoms with E-state index in [0.29, 0.717) is 17.5 Å². The van der Waals surface area contributed by atoms with Gasteiger partial charge >= 0.3 is 17.3 Å². The van der Waals surface area contributed by atoms with Gasteiger partial charge in [0.05, 0.1) is 22.0 Å². The molecule has 120 valence electrons. The predicted octanol–water partition coefficient (Wildman–Crippen LogP) is 2.26. The van der Waals surface area contributed by atoms with Gasteiger partial charge in [-0.15, -0.1) is 0 Å². The molecule has 1 aliphatic rings. The predicted molar refractivity (Wildman–Crippen MR) is 74.3 cm³/mol. The Morgan fingerprint density at radius 2 is 1.68 bits per heavy atom. The largest absolute Gasteiger partial charge is 0.346 e. The number of nitro benzene ring substituents is 2. The summed E-state index contributed by atoms with van der Waals surface area (Å²) >= 11 is 0. The molecule has 1 aromatic rings. The van der Waals surface area contributed by atoms with E-state index in [4.69, 9.17) is 14.2 Å². The summed E-state index contributed by atoms with van der Waals surface area (Å²) in [5, 5.41) is 22.1. The quantitative estimate of drug-likeness (QED) is 0.449. The van der Waals surface area contributed by atoms with Crippen molar-refractivity contribution in [2.75, 3.05) is 19.8 Å². The van der Waals surface area contributed by atoms with Gasteiger partial charge in [-0.1, -0.05) is 0 Å². The third kappa shape index (κ3) is 2.78. The van der Waals surface area contributed by atoms with Crippen LogP contribution in [0.25, 0.3) is 0 Å². The molecule has 22 heavy (non-hydrogen) atoms. The van der Waals surface area contributed by atoms with Crippen LogP contribution in [0.4, 0.5) is 11.4 Å². The summed E-state index contributed by atoms with van der Waals surface area (Å²) in [7, 11) is 0. The molecule has 0 spiro atoms. The third-order valence-electron chi connectivity index (χ3n) is 3.26. The molecule has 0 aliphatic carbocycles. The van der Waals surface area contributed by atoms with E-state index in [0.717, 1.165) is 6.07 Å². The van der Waals surface area contributed by atoms with Crippen molar-refractivity contribution in [2.45, 2.75) is 26.2 Å². The second kappa shape index (κ2) is 6.34. The van der Waals surface area contributed by atoms with E-state index >= 15 is 0 Å². The number of fused-ring (bicyclic) bond motifs is 1. The van der Waals surface area contributed by atoms with E-state index in [1.807, 2.05) is 0 Å². The van der Waals surface area contributed by atoms with Crippen molar-refractivity contribution >= 4 is 11.4 Å². The molecule has 0 bridgehead atoms. The molecule has 0 N–H and O–H groups in total. The van der Waals surface area contributed by atoms with Gasteiger partial charge in [0.1, 0.15) is 0 Å². The first kappa shape index (κ1) is 16.3. The molecule has 0 fully saturated rings. The highest BCUT2D eigenvalue weighted by atomic mass is 16.9. The summed E-state index contributed by atoms with van der Waals surface area (Å²) < 4.78 is 16.6. The standard InChI is InChI=1S/C13H16N2O7/c1-3-20-13(21-4-2)10-8-12(15(18)19)11(14(16)17)7-9(10)5-6-22-13/h7-8H,3-6H2,1-2H3. The molecule has 0 radical (unpaired) electrons. The summed E-state index contributed by atoms with van der Waals surface area (Å²) in [4.78, 5) is 20.6. The maximum absolute atomic E-state index is 11.1. The monoisotopic (exact) mass is 312 g/mol. The Morgan fingerprint density at radius 1 is 1.14 bits per heavy atom. The van der Waals surface area contributed by atoms with E-state index in [2.05, 4.69) is 0 Å². The van der Waals surface area contributed by atoms with Crippen molar-refractivity contribution in [3.8, 4) is 0 Å². The van der Waals surface area contributed by atoms with Crippen LogP contribution in [0.2, 0.25) is 0 Å². The summed E-state index contributed by atoms with van der Waals surface area (Å²) in [6, 6.07) is 2.31. The molecule has 9 heteroatoms. The van der Waals surface area contributed by atoms with Gasteiger partial charge in [-0.25, -0.2) is 0 Å². The molecule has 0 saturated carbocycles. The lowest BCUT2D eigenvalue weighted by molar-refractivity contribution is -0.424. The second-order valence-corrected chi connectivity index (χ2v) is 4.53. The van der Waals surface area contributed by atoms with Gasteiger partial charge in [-0.3, -0.25) is 20.2 Å². The van der Waals surface area contributed by atoms with Crippen molar-refractivity contribution in [3.05, 3.63) is 43.5 Å². The van der Waals surface area contributed by atoms with Crippen LogP contribution in [0, 0.1) is 20.2 Å². The van der Waals surface area contributed by atoms with Crippen LogP contribution in [0.15, 0.2) is 12.1 Å². The number of hydrogen-bond donors (Lipinski definition) is 0. The Kier molecular flexibility index (Phi) is 4.69. The van der Waals surface area contributed by atoms with Crippen molar-refractivity contribution in [1.82, 2.24) is 0 Å². The molecular formula is C13H16N2O7. The van der Waals surface area contributed by atoms with Crippen LogP contribution in [-0.4, -0.2) is 29.7 Å². The second-order valence-electron chi connectivity index (χ2n) is 4.53. The van der Waals surface area contributed by atoms with E-state index in [1.165, 1.54) is 6.07 Å². The van der Waals surface area contributed by atoms with Gasteiger partial charge in [-0.05, 0) is 25.8 Å². The lowest BCUT2D eigenvalue weighted by Crippen LogP contribution is -2.41. The lowest BCUT2D eigenvalue weighted by Gasteiger charge is -2.37. The van der Waals surface area contributed by atoms with E-state index < -0.39 is 27.2 Å². The number of nitro groups is 2. The van der Waals surface area contributed by atoms with E-state index in [-0.39, 0.29) is 19.8 Å². The van der Waals surface area contributed by atoms with Crippen LogP contribution in [0.3, 0.4) is 0 Å². The molecule has 2 rings (SSSR count). The lowest BCUT2D eigenvalue weighted by atomic mass is 9.98. The zero-order chi connectivity index (χ0) is 16.3. The summed E-state index contributed by atoms with van der Waals surface area (Å²) in [6.45, 7) is 4.22. The summed E-state index contributed by atoms with van der Waals surface area (Å²) in [5.74, 6) is -1.56. The highest BCUT2D eigenvalue weighted by Crippen LogP contribution is 2.41. The zero-order valence-electron chi connectivity index (χ0n) is 12.2. The van der Waals surface area contributed by atoms with Gasteiger partial charge in [0.25, 0.3) is 0 Å². The molecule has 9 nitrogen and oxygen atoms in total. The fraction of sp³-hybridized carbons (Fsp3) is 0.538. The molecule has 0 amide bonds. The maximum Gasteiger partial charge on any atom is 0.346 e. The highest BCUT2D eigenvalue weighted by Gasteiger charge is 2.43. The Bertz CT molecular complexity index is 596. The number of rotatable bonds is 6. The Morgan fingerprint density at radius 3 is 2.18 bits per heavy atom. The van der Waals surface area contributed by atoms with Gasteiger partial charge in [0.2, 0.25) is 0 Å². The topological polar surface area (TPSA) is 114 Å². The van der Waals surface area contributed by atoms with Crippen LogP contribution < -0.4 is 0 Å². The molecular weight excluding hydrogens is 296 g/mol. The smallest absolute Gasteiger partial charge is 0.324 e. The van der Waals surface area contributed by atoms with Crippen molar-refractivity contribution < 1.29 is 24.1 Å². The number of ether oxygens (including phenoxy) is 3. The minimum Gasteiger partial charge on any atom is -0.324 e. The first-order valence-electron chi connectivity index (χ1n) is 6.83. The molecule has 0 unspecified atom stereocenters. The minimum atomic E-state index is -1.56. The summed E-state index contributed by atoms with van der Waals surface area (Å²) in [6.07, 6.45) is 0.385. The van der Waals surface area contributed by atoms with E-state index in [9.17, 15) is 20.2 Å². The van der Waals surface area contributed by atoms with Crippen LogP contribution in [-0.2, 0) is 26.6 Å². The molecule has 1 aromatic carbocycles. The number of benzene rings is 1. The Balaban J connectivity index is 2.65. The average molecular weight is 312 g/mol. The zero-order valence-corrected chi connectivity index (χ0v) is 12.2. The van der Waals surface area contributed by atoms with E-state index in [1.54, 1.807) is 13.8 Å². The van der Waals surface area contributed by atoms with Crippen molar-refractivity contribution in [3.63, 3.8) is 0 Å². The minimum absolute atomic E-state index is 0.238. The van der Waals surface area contributed by atoms with Crippen LogP contribution in [0.1, 0.15) is 25.0 Å². The third-order valence-corrected chi connectivity index (χ3v) is 3.26. The average Bonchev–Trinajstić information content (AvgIpc) is 2.46. The molecule has 0 atom stereocenters. The summed E-state index contributed by atoms with van der Waals surface area (Å²) in [5.41, 5.74) is -0.309. The van der Waals surface area contributed by atoms with Gasteiger partial charge in [-0.2, -0.15) is 0 Å². The molecule has 0 aromatic heterocycles. The Labute approximate surface area is 126 Å². The first-order chi connectivity index (χ1) is 10.4. The Hall–Kier alpha value is -2.10. The molecule has 0 saturated heterocycles. The van der Waals surface area contributed by atoms with Crippen LogP contribution >= 0.6 is 0 Å². The normalized spacial score (nSPS) is 16.1. The SMILES string of the molecule is CCOC1(OCC)OCCc2cc([N+](=O)[O-])c([N+](=O)[O-])cc21. The first-order valence-corrected chi connectivity index (χ1v) is 6.83. The highest BCUT2D eigenvalue weighted by molar-refractivity contribution is 5.58. The molecule has 1 heterocycles.